The van der Waals surface area contributed by atoms with Gasteiger partial charge in [-0.1, -0.05) is 24.3 Å². The molecule has 0 saturated carbocycles. The second-order valence-corrected chi connectivity index (χ2v) is 12.3. The minimum Gasteiger partial charge on any atom is -0.481 e. The van der Waals surface area contributed by atoms with Crippen LogP contribution in [0.3, 0.4) is 0 Å². The Kier molecular flexibility index (Phi) is 21.3. The maximum absolute atomic E-state index is 12.8. The van der Waals surface area contributed by atoms with E-state index in [4.69, 9.17) is 15.3 Å². The average molecular weight is 800 g/mol. The Hall–Kier alpha value is -6.13. The summed E-state index contributed by atoms with van der Waals surface area (Å²) in [5, 5.41) is 61.8. The lowest BCUT2D eigenvalue weighted by Gasteiger charge is -2.21. The number of nitrogens with one attached hydrogen (secondary N) is 7. The molecular formula is C32H45N7O15S. The van der Waals surface area contributed by atoms with Crippen molar-refractivity contribution in [2.75, 3.05) is 18.8 Å². The minimum absolute atomic E-state index is 0.0559. The smallest absolute Gasteiger partial charge is 0.326 e. The normalized spacial score (nSPS) is 12.7. The van der Waals surface area contributed by atoms with Crippen LogP contribution in [0.1, 0.15) is 56.1 Å². The Labute approximate surface area is 319 Å². The van der Waals surface area contributed by atoms with E-state index in [2.05, 4.69) is 44.5 Å². The maximum Gasteiger partial charge on any atom is 0.326 e. The molecule has 0 unspecified atom stereocenters. The number of carbonyl (C=O) groups is 10. The van der Waals surface area contributed by atoms with Crippen LogP contribution >= 0.6 is 12.6 Å². The molecule has 7 amide bonds. The quantitative estimate of drug-likeness (QED) is 0.0364. The zero-order valence-corrected chi connectivity index (χ0v) is 30.3. The van der Waals surface area contributed by atoms with Crippen LogP contribution in [0.5, 0.6) is 0 Å². The van der Waals surface area contributed by atoms with Gasteiger partial charge in [-0.3, -0.25) is 28.8 Å². The first kappa shape index (κ1) is 46.9. The second kappa shape index (κ2) is 25.0. The summed E-state index contributed by atoms with van der Waals surface area (Å²) >= 11 is 3.93. The van der Waals surface area contributed by atoms with Gasteiger partial charge in [-0.05, 0) is 36.8 Å². The standard InChI is InChI=1S/C32H45N7O15S/c40-23(36-22(15-26(45)46)28(48)37-21(14-25(43)44)27(47)33-11-12-55)13-17-4-6-18(7-5-17)16-35-31(53)34-10-2-1-3-19(29(49)50)38-32(54)39-20(30(51)52)8-9-24(41)42/h4-7,19-22,55H,1-3,8-16H2,(H,33,47)(H,36,40)(H,37,48)(H,41,42)(H,43,44)(H,45,46)(H,49,50)(H,51,52)(H2,34,35,53)(H2,38,39,54)/t19-,20-,21-,22-/m0/s1. The molecule has 4 atom stereocenters. The van der Waals surface area contributed by atoms with Gasteiger partial charge in [0, 0.05) is 31.8 Å². The average Bonchev–Trinajstić information content (AvgIpc) is 3.10. The Morgan fingerprint density at radius 3 is 1.62 bits per heavy atom. The van der Waals surface area contributed by atoms with Crippen molar-refractivity contribution < 1.29 is 73.5 Å². The van der Waals surface area contributed by atoms with E-state index in [9.17, 15) is 58.2 Å². The molecule has 1 rings (SSSR count). The van der Waals surface area contributed by atoms with E-state index in [0.29, 0.717) is 17.5 Å². The summed E-state index contributed by atoms with van der Waals surface area (Å²) in [5.41, 5.74) is 1.09. The second-order valence-electron chi connectivity index (χ2n) is 11.8. The maximum atomic E-state index is 12.8. The Bertz CT molecular complexity index is 1540. The van der Waals surface area contributed by atoms with Crippen molar-refractivity contribution in [3.8, 4) is 0 Å². The molecule has 1 aromatic carbocycles. The van der Waals surface area contributed by atoms with Crippen molar-refractivity contribution in [2.45, 2.75) is 82.1 Å². The monoisotopic (exact) mass is 799 g/mol. The number of unbranched alkanes of at least 4 members (excludes halogenated alkanes) is 1. The van der Waals surface area contributed by atoms with E-state index in [0.717, 1.165) is 0 Å². The van der Waals surface area contributed by atoms with Crippen LogP contribution in [0.4, 0.5) is 9.59 Å². The molecule has 0 fully saturated rings. The fraction of sp³-hybridized carbons (Fsp3) is 0.500. The number of hydrogen-bond donors (Lipinski definition) is 13. The summed E-state index contributed by atoms with van der Waals surface area (Å²) < 4.78 is 0. The molecule has 0 spiro atoms. The lowest BCUT2D eigenvalue weighted by Crippen LogP contribution is -2.55. The molecule has 0 aliphatic rings. The van der Waals surface area contributed by atoms with Gasteiger partial charge in [0.05, 0.1) is 19.3 Å². The fourth-order valence-corrected chi connectivity index (χ4v) is 4.72. The minimum atomic E-state index is -1.63. The largest absolute Gasteiger partial charge is 0.481 e. The number of aliphatic carboxylic acids is 5. The highest BCUT2D eigenvalue weighted by Crippen LogP contribution is 2.07. The van der Waals surface area contributed by atoms with Crippen molar-refractivity contribution in [3.63, 3.8) is 0 Å². The van der Waals surface area contributed by atoms with Crippen LogP contribution < -0.4 is 37.2 Å². The van der Waals surface area contributed by atoms with E-state index in [1.807, 2.05) is 5.32 Å². The summed E-state index contributed by atoms with van der Waals surface area (Å²) in [7, 11) is 0. The van der Waals surface area contributed by atoms with Crippen LogP contribution in [-0.4, -0.2) is 128 Å². The number of carboxylic acid groups (broad SMARTS) is 5. The zero-order valence-electron chi connectivity index (χ0n) is 29.4. The molecule has 0 aliphatic heterocycles. The van der Waals surface area contributed by atoms with Gasteiger partial charge in [0.15, 0.2) is 0 Å². The highest BCUT2D eigenvalue weighted by atomic mass is 32.1. The van der Waals surface area contributed by atoms with Crippen LogP contribution in [0.15, 0.2) is 24.3 Å². The number of hydrogen-bond acceptors (Lipinski definition) is 11. The van der Waals surface area contributed by atoms with Gasteiger partial charge in [-0.15, -0.1) is 0 Å². The summed E-state index contributed by atoms with van der Waals surface area (Å²) in [6, 6.07) is -1.41. The van der Waals surface area contributed by atoms with E-state index >= 15 is 0 Å². The molecular weight excluding hydrogens is 754 g/mol. The summed E-state index contributed by atoms with van der Waals surface area (Å²) in [4.78, 5) is 118. The first-order valence-electron chi connectivity index (χ1n) is 16.7. The fourth-order valence-electron chi connectivity index (χ4n) is 4.61. The Balaban J connectivity index is 2.56. The van der Waals surface area contributed by atoms with Crippen molar-refractivity contribution in [1.29, 1.82) is 0 Å². The van der Waals surface area contributed by atoms with E-state index in [1.54, 1.807) is 24.3 Å². The summed E-state index contributed by atoms with van der Waals surface area (Å²) in [6.45, 7) is 0.290. The molecule has 12 N–H and O–H groups in total. The molecule has 0 heterocycles. The molecule has 22 nitrogen and oxygen atoms in total. The topological polar surface area (TPSA) is 356 Å². The number of urea groups is 2. The first-order chi connectivity index (χ1) is 25.9. The number of carboxylic acids is 5. The first-order valence-corrected chi connectivity index (χ1v) is 17.3. The van der Waals surface area contributed by atoms with Crippen molar-refractivity contribution >= 4 is 72.3 Å². The van der Waals surface area contributed by atoms with E-state index in [-0.39, 0.29) is 44.6 Å². The third kappa shape index (κ3) is 20.6. The number of thiol groups is 1. The van der Waals surface area contributed by atoms with E-state index in [1.165, 1.54) is 0 Å². The lowest BCUT2D eigenvalue weighted by molar-refractivity contribution is -0.143. The van der Waals surface area contributed by atoms with Gasteiger partial charge in [-0.25, -0.2) is 19.2 Å². The molecule has 1 aromatic rings. The SMILES string of the molecule is O=C(O)CC[C@H](NC(=O)N[C@@H](CCCCNC(=O)NCc1ccc(CC(=O)N[C@@H](CC(=O)O)C(=O)N[C@@H](CC(=O)O)C(=O)NCCS)cc1)C(=O)O)C(=O)O. The third-order valence-corrected chi connectivity index (χ3v) is 7.58. The molecule has 0 aliphatic carbocycles. The number of rotatable bonds is 26. The molecule has 0 saturated heterocycles. The summed E-state index contributed by atoms with van der Waals surface area (Å²) in [6.07, 6.45) is -2.35. The van der Waals surface area contributed by atoms with Gasteiger partial charge in [-0.2, -0.15) is 12.6 Å². The van der Waals surface area contributed by atoms with Gasteiger partial charge in [0.1, 0.15) is 24.2 Å². The molecule has 304 valence electrons. The number of amides is 7. The number of carbonyl (C=O) groups excluding carboxylic acids is 5. The van der Waals surface area contributed by atoms with Gasteiger partial charge >= 0.3 is 41.9 Å². The predicted molar refractivity (Wildman–Crippen MR) is 191 cm³/mol. The van der Waals surface area contributed by atoms with Crippen LogP contribution in [0, 0.1) is 0 Å². The number of benzene rings is 1. The molecule has 0 bridgehead atoms. The third-order valence-electron chi connectivity index (χ3n) is 7.35. The van der Waals surface area contributed by atoms with Gasteiger partial charge < -0.3 is 62.8 Å². The zero-order chi connectivity index (χ0) is 41.5. The molecule has 0 radical (unpaired) electrons. The molecule has 23 heteroatoms. The van der Waals surface area contributed by atoms with Crippen molar-refractivity contribution in [3.05, 3.63) is 35.4 Å². The highest BCUT2D eigenvalue weighted by molar-refractivity contribution is 7.80. The highest BCUT2D eigenvalue weighted by Gasteiger charge is 2.30. The van der Waals surface area contributed by atoms with Gasteiger partial charge in [0.25, 0.3) is 0 Å². The van der Waals surface area contributed by atoms with Crippen LogP contribution in [0.25, 0.3) is 0 Å². The Morgan fingerprint density at radius 2 is 1.09 bits per heavy atom. The van der Waals surface area contributed by atoms with Gasteiger partial charge in [0.2, 0.25) is 17.7 Å². The lowest BCUT2D eigenvalue weighted by atomic mass is 10.1. The van der Waals surface area contributed by atoms with Crippen LogP contribution in [-0.2, 0) is 51.3 Å². The van der Waals surface area contributed by atoms with Crippen LogP contribution in [0.2, 0.25) is 0 Å². The Morgan fingerprint density at radius 1 is 0.545 bits per heavy atom. The van der Waals surface area contributed by atoms with Crippen molar-refractivity contribution in [1.82, 2.24) is 37.2 Å². The molecule has 55 heavy (non-hydrogen) atoms. The van der Waals surface area contributed by atoms with E-state index < -0.39 is 109 Å². The predicted octanol–water partition coefficient (Wildman–Crippen LogP) is -1.77. The summed E-state index contributed by atoms with van der Waals surface area (Å²) in [5.74, 6) is -9.39. The van der Waals surface area contributed by atoms with Crippen molar-refractivity contribution in [2.24, 2.45) is 0 Å². The molecule has 0 aromatic heterocycles.